The number of benzene rings is 2. The summed E-state index contributed by atoms with van der Waals surface area (Å²) in [6.07, 6.45) is 4.34. The minimum atomic E-state index is 0.0846. The van der Waals surface area contributed by atoms with Crippen LogP contribution in [0.1, 0.15) is 43.7 Å². The first kappa shape index (κ1) is 27.6. The zero-order valence-corrected chi connectivity index (χ0v) is 22.6. The number of rotatable bonds is 12. The molecule has 1 saturated carbocycles. The van der Waals surface area contributed by atoms with Crippen molar-refractivity contribution in [3.8, 4) is 5.75 Å². The van der Waals surface area contributed by atoms with Gasteiger partial charge in [0.2, 0.25) is 5.95 Å². The Hall–Kier alpha value is -3.40. The van der Waals surface area contributed by atoms with E-state index in [9.17, 15) is 5.11 Å². The maximum atomic E-state index is 9.61. The maximum Gasteiger partial charge on any atom is 0.222 e. The molecule has 0 bridgehead atoms. The maximum absolute atomic E-state index is 9.61. The summed E-state index contributed by atoms with van der Waals surface area (Å²) in [5, 5.41) is 24.7. The van der Waals surface area contributed by atoms with E-state index in [1.807, 2.05) is 18.2 Å². The van der Waals surface area contributed by atoms with Gasteiger partial charge in [-0.15, -0.1) is 0 Å². The Morgan fingerprint density at radius 1 is 1.13 bits per heavy atom. The molecule has 1 fully saturated rings. The molecule has 204 valence electrons. The van der Waals surface area contributed by atoms with Crippen LogP contribution >= 0.6 is 0 Å². The van der Waals surface area contributed by atoms with E-state index in [1.165, 1.54) is 5.56 Å². The van der Waals surface area contributed by atoms with Crippen molar-refractivity contribution in [3.05, 3.63) is 53.6 Å². The first-order valence-electron chi connectivity index (χ1n) is 13.3. The van der Waals surface area contributed by atoms with Crippen molar-refractivity contribution in [2.75, 3.05) is 45.0 Å². The van der Waals surface area contributed by atoms with E-state index in [4.69, 9.17) is 15.6 Å². The fourth-order valence-corrected chi connectivity index (χ4v) is 4.89. The third-order valence-electron chi connectivity index (χ3n) is 7.24. The number of fused-ring (bicyclic) bond motifs is 3. The van der Waals surface area contributed by atoms with Gasteiger partial charge in [-0.2, -0.15) is 4.98 Å². The highest BCUT2D eigenvalue weighted by Gasteiger charge is 2.41. The number of nitrogen functional groups attached to an aromatic ring is 1. The van der Waals surface area contributed by atoms with Gasteiger partial charge in [-0.1, -0.05) is 37.6 Å². The third kappa shape index (κ3) is 5.85. The Labute approximate surface area is 224 Å². The number of hydrogen-bond acceptors (Lipinski definition) is 8. The molecule has 1 aliphatic rings. The van der Waals surface area contributed by atoms with Gasteiger partial charge in [-0.3, -0.25) is 0 Å². The molecule has 1 aliphatic carbocycles. The molecule has 4 aromatic rings. The zero-order chi connectivity index (χ0) is 27.1. The van der Waals surface area contributed by atoms with Crippen molar-refractivity contribution >= 4 is 33.7 Å². The Balaban J connectivity index is 0.00000164. The van der Waals surface area contributed by atoms with Gasteiger partial charge < -0.3 is 35.9 Å². The molecular weight excluding hydrogens is 480 g/mol. The molecular formula is C29H40N6O3. The summed E-state index contributed by atoms with van der Waals surface area (Å²) in [6.45, 7) is 5.44. The molecule has 5 rings (SSSR count). The monoisotopic (exact) mass is 520 g/mol. The molecule has 2 aromatic heterocycles. The van der Waals surface area contributed by atoms with Crippen LogP contribution < -0.4 is 21.1 Å². The number of aromatic nitrogens is 3. The quantitative estimate of drug-likeness (QED) is 0.178. The van der Waals surface area contributed by atoms with Crippen molar-refractivity contribution < 1.29 is 14.9 Å². The van der Waals surface area contributed by atoms with E-state index in [0.29, 0.717) is 6.54 Å². The average Bonchev–Trinajstić information content (AvgIpc) is 3.67. The van der Waals surface area contributed by atoms with Crippen LogP contribution in [0.5, 0.6) is 5.75 Å². The van der Waals surface area contributed by atoms with Crippen LogP contribution in [0.4, 0.5) is 11.8 Å². The summed E-state index contributed by atoms with van der Waals surface area (Å²) in [4.78, 5) is 9.22. The topological polar surface area (TPSA) is 130 Å². The summed E-state index contributed by atoms with van der Waals surface area (Å²) in [7, 11) is 2.71. The Bertz CT molecular complexity index is 1370. The number of unbranched alkanes of at least 4 members (excludes halogenated alkanes) is 1. The lowest BCUT2D eigenvalue weighted by Crippen LogP contribution is -2.26. The minimum absolute atomic E-state index is 0.0846. The number of nitrogens with zero attached hydrogens (tertiary/aromatic N) is 3. The molecule has 0 amide bonds. The van der Waals surface area contributed by atoms with E-state index in [1.54, 1.807) is 7.11 Å². The number of aliphatic hydroxyl groups is 2. The lowest BCUT2D eigenvalue weighted by atomic mass is 10.1. The summed E-state index contributed by atoms with van der Waals surface area (Å²) >= 11 is 0. The van der Waals surface area contributed by atoms with Gasteiger partial charge in [0, 0.05) is 49.7 Å². The molecule has 38 heavy (non-hydrogen) atoms. The molecule has 0 unspecified atom stereocenters. The molecule has 2 aromatic carbocycles. The summed E-state index contributed by atoms with van der Waals surface area (Å²) < 4.78 is 8.02. The number of nitrogens with one attached hydrogen (secondary N) is 2. The highest BCUT2D eigenvalue weighted by molar-refractivity contribution is 6.09. The molecule has 6 N–H and O–H groups in total. The second-order valence-electron chi connectivity index (χ2n) is 9.92. The van der Waals surface area contributed by atoms with E-state index in [2.05, 4.69) is 56.4 Å². The van der Waals surface area contributed by atoms with Crippen molar-refractivity contribution in [1.29, 1.82) is 0 Å². The predicted octanol–water partition coefficient (Wildman–Crippen LogP) is 3.91. The lowest BCUT2D eigenvalue weighted by Gasteiger charge is -2.16. The van der Waals surface area contributed by atoms with Gasteiger partial charge in [-0.05, 0) is 43.0 Å². The Morgan fingerprint density at radius 2 is 1.92 bits per heavy atom. The molecule has 0 spiro atoms. The molecule has 0 saturated heterocycles. The second-order valence-corrected chi connectivity index (χ2v) is 9.92. The first-order chi connectivity index (χ1) is 18.6. The molecule has 2 heterocycles. The fourth-order valence-electron chi connectivity index (χ4n) is 4.89. The van der Waals surface area contributed by atoms with Crippen molar-refractivity contribution in [3.63, 3.8) is 0 Å². The number of hydrogen-bond donors (Lipinski definition) is 5. The zero-order valence-electron chi connectivity index (χ0n) is 22.6. The average molecular weight is 521 g/mol. The normalized spacial score (nSPS) is 13.8. The Morgan fingerprint density at radius 3 is 2.63 bits per heavy atom. The van der Waals surface area contributed by atoms with E-state index >= 15 is 0 Å². The van der Waals surface area contributed by atoms with Gasteiger partial charge in [0.05, 0.1) is 19.2 Å². The standard InChI is InChI=1S/C28H36N6O2.CH4O/c1-3-4-13-31-26-25-24(32-27(29)33-26)21-7-5-6-8-22(21)34(25)16-20-14-19(9-10-23(20)36-2)15-30-17-28(18-35)11-12-28;1-2/h5-10,14,30,35H,3-4,11-13,15-18H2,1-2H3,(H3,29,31,32,33);2H,1H3. The SMILES string of the molecule is CCCCNc1nc(N)nc2c3ccccc3n(Cc3cc(CNCC4(CO)CC4)ccc3OC)c12.CO. The summed E-state index contributed by atoms with van der Waals surface area (Å²) in [6, 6.07) is 14.6. The minimum Gasteiger partial charge on any atom is -0.496 e. The van der Waals surface area contributed by atoms with Gasteiger partial charge in [0.15, 0.2) is 5.82 Å². The smallest absolute Gasteiger partial charge is 0.222 e. The van der Waals surface area contributed by atoms with Gasteiger partial charge in [0.25, 0.3) is 0 Å². The van der Waals surface area contributed by atoms with Gasteiger partial charge in [-0.25, -0.2) is 4.98 Å². The van der Waals surface area contributed by atoms with Gasteiger partial charge >= 0.3 is 0 Å². The van der Waals surface area contributed by atoms with Gasteiger partial charge in [0.1, 0.15) is 16.8 Å². The highest BCUT2D eigenvalue weighted by Crippen LogP contribution is 2.44. The Kier molecular flexibility index (Phi) is 9.04. The molecule has 0 radical (unpaired) electrons. The summed E-state index contributed by atoms with van der Waals surface area (Å²) in [5.74, 6) is 1.87. The number of para-hydroxylation sites is 1. The van der Waals surface area contributed by atoms with E-state index in [0.717, 1.165) is 91.5 Å². The number of methoxy groups -OCH3 is 1. The van der Waals surface area contributed by atoms with Crippen LogP contribution in [0.3, 0.4) is 0 Å². The first-order valence-corrected chi connectivity index (χ1v) is 13.3. The molecule has 0 atom stereocenters. The lowest BCUT2D eigenvalue weighted by molar-refractivity contribution is 0.207. The number of aliphatic hydroxyl groups excluding tert-OH is 2. The third-order valence-corrected chi connectivity index (χ3v) is 7.24. The molecule has 9 nitrogen and oxygen atoms in total. The predicted molar refractivity (Wildman–Crippen MR) is 154 cm³/mol. The van der Waals surface area contributed by atoms with Crippen LogP contribution in [-0.4, -0.2) is 58.7 Å². The van der Waals surface area contributed by atoms with Crippen molar-refractivity contribution in [1.82, 2.24) is 19.9 Å². The number of anilines is 2. The van der Waals surface area contributed by atoms with Crippen molar-refractivity contribution in [2.24, 2.45) is 5.41 Å². The van der Waals surface area contributed by atoms with Crippen LogP contribution in [0.2, 0.25) is 0 Å². The largest absolute Gasteiger partial charge is 0.496 e. The summed E-state index contributed by atoms with van der Waals surface area (Å²) in [5.41, 5.74) is 11.4. The number of ether oxygens (including phenoxy) is 1. The second kappa shape index (κ2) is 12.4. The van der Waals surface area contributed by atoms with Crippen LogP contribution in [0.15, 0.2) is 42.5 Å². The molecule has 0 aliphatic heterocycles. The van der Waals surface area contributed by atoms with E-state index in [-0.39, 0.29) is 18.0 Å². The van der Waals surface area contributed by atoms with E-state index < -0.39 is 0 Å². The highest BCUT2D eigenvalue weighted by atomic mass is 16.5. The van der Waals surface area contributed by atoms with Crippen molar-refractivity contribution in [2.45, 2.75) is 45.7 Å². The fraction of sp³-hybridized carbons (Fsp3) is 0.448. The van der Waals surface area contributed by atoms with Crippen LogP contribution in [0, 0.1) is 5.41 Å². The number of nitrogens with two attached hydrogens (primary N) is 1. The van der Waals surface area contributed by atoms with Crippen LogP contribution in [0.25, 0.3) is 21.9 Å². The molecule has 9 heteroatoms. The van der Waals surface area contributed by atoms with Crippen LogP contribution in [-0.2, 0) is 13.1 Å².